The van der Waals surface area contributed by atoms with E-state index < -0.39 is 0 Å². The lowest BCUT2D eigenvalue weighted by molar-refractivity contribution is 0.638. The molecule has 90 valence electrons. The zero-order valence-electron chi connectivity index (χ0n) is 11.6. The number of hydrogen-bond donors (Lipinski definition) is 0. The standard InChI is InChI=1S/C16H26/c1-6-13-10-14(7-2)16(9-12(4)5)15(8-3)11-13/h10-12H,6-9H2,1-5H3. The van der Waals surface area contributed by atoms with Crippen LogP contribution in [0.4, 0.5) is 0 Å². The summed E-state index contributed by atoms with van der Waals surface area (Å²) in [6, 6.07) is 4.83. The van der Waals surface area contributed by atoms with Crippen molar-refractivity contribution in [3.63, 3.8) is 0 Å². The first-order chi connectivity index (χ1) is 7.62. The van der Waals surface area contributed by atoms with Gasteiger partial charge in [0.1, 0.15) is 0 Å². The second-order valence-electron chi connectivity index (χ2n) is 5.05. The first-order valence-corrected chi connectivity index (χ1v) is 6.75. The minimum absolute atomic E-state index is 0.753. The van der Waals surface area contributed by atoms with Crippen LogP contribution in [0.1, 0.15) is 56.9 Å². The predicted molar refractivity (Wildman–Crippen MR) is 73.1 cm³/mol. The Bertz CT molecular complexity index is 309. The fourth-order valence-corrected chi connectivity index (χ4v) is 2.38. The Hall–Kier alpha value is -0.780. The van der Waals surface area contributed by atoms with Crippen LogP contribution in [0.5, 0.6) is 0 Å². The molecule has 0 atom stereocenters. The van der Waals surface area contributed by atoms with Gasteiger partial charge in [0.25, 0.3) is 0 Å². The summed E-state index contributed by atoms with van der Waals surface area (Å²) in [4.78, 5) is 0. The molecular weight excluding hydrogens is 192 g/mol. The monoisotopic (exact) mass is 218 g/mol. The molecule has 0 aromatic heterocycles. The highest BCUT2D eigenvalue weighted by atomic mass is 14.1. The number of aryl methyl sites for hydroxylation is 3. The van der Waals surface area contributed by atoms with Gasteiger partial charge in [-0.15, -0.1) is 0 Å². The normalized spacial score (nSPS) is 11.1. The molecule has 0 spiro atoms. The Balaban J connectivity index is 3.20. The maximum atomic E-state index is 2.41. The highest BCUT2D eigenvalue weighted by molar-refractivity contribution is 5.40. The van der Waals surface area contributed by atoms with Gasteiger partial charge in [-0.2, -0.15) is 0 Å². The van der Waals surface area contributed by atoms with Crippen molar-refractivity contribution in [3.05, 3.63) is 34.4 Å². The molecule has 1 aromatic rings. The SMILES string of the molecule is CCc1cc(CC)c(CC(C)C)c(CC)c1. The molecule has 0 aliphatic carbocycles. The van der Waals surface area contributed by atoms with E-state index in [1.54, 1.807) is 16.7 Å². The third-order valence-corrected chi connectivity index (χ3v) is 3.28. The predicted octanol–water partition coefficient (Wildman–Crippen LogP) is 4.57. The fraction of sp³-hybridized carbons (Fsp3) is 0.625. The van der Waals surface area contributed by atoms with E-state index in [0.717, 1.165) is 12.3 Å². The van der Waals surface area contributed by atoms with Crippen molar-refractivity contribution in [1.29, 1.82) is 0 Å². The van der Waals surface area contributed by atoms with Gasteiger partial charge in [-0.1, -0.05) is 46.8 Å². The molecule has 0 heterocycles. The van der Waals surface area contributed by atoms with Crippen molar-refractivity contribution in [1.82, 2.24) is 0 Å². The molecule has 16 heavy (non-hydrogen) atoms. The fourth-order valence-electron chi connectivity index (χ4n) is 2.38. The highest BCUT2D eigenvalue weighted by Crippen LogP contribution is 2.23. The molecular formula is C16H26. The lowest BCUT2D eigenvalue weighted by atomic mass is 9.89. The van der Waals surface area contributed by atoms with Gasteiger partial charge < -0.3 is 0 Å². The Morgan fingerprint density at radius 3 is 1.69 bits per heavy atom. The molecule has 0 radical (unpaired) electrons. The van der Waals surface area contributed by atoms with E-state index in [1.165, 1.54) is 24.8 Å². The molecule has 0 bridgehead atoms. The molecule has 0 aliphatic rings. The van der Waals surface area contributed by atoms with Crippen LogP contribution in [0.25, 0.3) is 0 Å². The minimum Gasteiger partial charge on any atom is -0.0625 e. The van der Waals surface area contributed by atoms with Crippen LogP contribution in [0, 0.1) is 5.92 Å². The topological polar surface area (TPSA) is 0 Å². The molecule has 0 saturated carbocycles. The third-order valence-electron chi connectivity index (χ3n) is 3.28. The molecule has 0 unspecified atom stereocenters. The van der Waals surface area contributed by atoms with Gasteiger partial charge in [0, 0.05) is 0 Å². The molecule has 0 heteroatoms. The van der Waals surface area contributed by atoms with E-state index in [4.69, 9.17) is 0 Å². The average Bonchev–Trinajstić information content (AvgIpc) is 2.28. The van der Waals surface area contributed by atoms with Crippen LogP contribution in [-0.4, -0.2) is 0 Å². The summed E-state index contributed by atoms with van der Waals surface area (Å²) in [7, 11) is 0. The minimum atomic E-state index is 0.753. The van der Waals surface area contributed by atoms with Crippen LogP contribution in [0.2, 0.25) is 0 Å². The second-order valence-corrected chi connectivity index (χ2v) is 5.05. The van der Waals surface area contributed by atoms with Gasteiger partial charge in [-0.05, 0) is 53.9 Å². The average molecular weight is 218 g/mol. The summed E-state index contributed by atoms with van der Waals surface area (Å²) in [5.41, 5.74) is 6.27. The maximum absolute atomic E-state index is 2.41. The van der Waals surface area contributed by atoms with Crippen LogP contribution in [-0.2, 0) is 25.7 Å². The van der Waals surface area contributed by atoms with Gasteiger partial charge in [-0.25, -0.2) is 0 Å². The van der Waals surface area contributed by atoms with Crippen molar-refractivity contribution in [2.24, 2.45) is 5.92 Å². The summed E-state index contributed by atoms with van der Waals surface area (Å²) in [6.07, 6.45) is 4.73. The Morgan fingerprint density at radius 1 is 0.875 bits per heavy atom. The number of benzene rings is 1. The number of hydrogen-bond acceptors (Lipinski definition) is 0. The van der Waals surface area contributed by atoms with E-state index in [2.05, 4.69) is 46.8 Å². The maximum Gasteiger partial charge on any atom is -0.0250 e. The molecule has 0 saturated heterocycles. The summed E-state index contributed by atoms with van der Waals surface area (Å²) >= 11 is 0. The summed E-state index contributed by atoms with van der Waals surface area (Å²) in [6.45, 7) is 11.4. The quantitative estimate of drug-likeness (QED) is 0.679. The van der Waals surface area contributed by atoms with Crippen LogP contribution >= 0.6 is 0 Å². The molecule has 1 aromatic carbocycles. The van der Waals surface area contributed by atoms with Gasteiger partial charge in [0.05, 0.1) is 0 Å². The van der Waals surface area contributed by atoms with Crippen molar-refractivity contribution in [2.45, 2.75) is 60.3 Å². The molecule has 0 amide bonds. The van der Waals surface area contributed by atoms with E-state index >= 15 is 0 Å². The van der Waals surface area contributed by atoms with Crippen LogP contribution in [0.3, 0.4) is 0 Å². The summed E-state index contributed by atoms with van der Waals surface area (Å²) < 4.78 is 0. The lowest BCUT2D eigenvalue weighted by Gasteiger charge is -2.17. The Morgan fingerprint density at radius 2 is 1.38 bits per heavy atom. The van der Waals surface area contributed by atoms with E-state index in [9.17, 15) is 0 Å². The Kier molecular flexibility index (Phi) is 5.05. The Labute approximate surface area is 101 Å². The molecule has 0 fully saturated rings. The number of rotatable bonds is 5. The van der Waals surface area contributed by atoms with Gasteiger partial charge in [0.2, 0.25) is 0 Å². The summed E-state index contributed by atoms with van der Waals surface area (Å²) in [5.74, 6) is 0.753. The zero-order chi connectivity index (χ0) is 12.1. The first-order valence-electron chi connectivity index (χ1n) is 6.75. The van der Waals surface area contributed by atoms with Crippen LogP contribution in [0.15, 0.2) is 12.1 Å². The smallest absolute Gasteiger partial charge is 0.0250 e. The van der Waals surface area contributed by atoms with Gasteiger partial charge in [-0.3, -0.25) is 0 Å². The molecule has 0 N–H and O–H groups in total. The third kappa shape index (κ3) is 3.10. The van der Waals surface area contributed by atoms with E-state index in [0.29, 0.717) is 0 Å². The molecule has 0 nitrogen and oxygen atoms in total. The van der Waals surface area contributed by atoms with Gasteiger partial charge in [0.15, 0.2) is 0 Å². The molecule has 1 rings (SSSR count). The van der Waals surface area contributed by atoms with Crippen molar-refractivity contribution >= 4 is 0 Å². The van der Waals surface area contributed by atoms with Gasteiger partial charge >= 0.3 is 0 Å². The van der Waals surface area contributed by atoms with E-state index in [1.807, 2.05) is 0 Å². The summed E-state index contributed by atoms with van der Waals surface area (Å²) in [5, 5.41) is 0. The second kappa shape index (κ2) is 6.08. The lowest BCUT2D eigenvalue weighted by Crippen LogP contribution is -2.05. The highest BCUT2D eigenvalue weighted by Gasteiger charge is 2.09. The van der Waals surface area contributed by atoms with Crippen LogP contribution < -0.4 is 0 Å². The largest absolute Gasteiger partial charge is 0.0625 e. The zero-order valence-corrected chi connectivity index (χ0v) is 11.6. The van der Waals surface area contributed by atoms with Crippen molar-refractivity contribution in [3.8, 4) is 0 Å². The van der Waals surface area contributed by atoms with Crippen molar-refractivity contribution in [2.75, 3.05) is 0 Å². The van der Waals surface area contributed by atoms with Crippen molar-refractivity contribution < 1.29 is 0 Å². The van der Waals surface area contributed by atoms with E-state index in [-0.39, 0.29) is 0 Å². The molecule has 0 aliphatic heterocycles. The first kappa shape index (κ1) is 13.3.